The van der Waals surface area contributed by atoms with Crippen LogP contribution in [-0.2, 0) is 16.1 Å². The maximum atomic E-state index is 12.1. The molecule has 0 unspecified atom stereocenters. The predicted octanol–water partition coefficient (Wildman–Crippen LogP) is 0.776. The molecular formula is C17H24N8O3. The van der Waals surface area contributed by atoms with Gasteiger partial charge in [-0.2, -0.15) is 4.80 Å². The van der Waals surface area contributed by atoms with Crippen molar-refractivity contribution in [3.8, 4) is 11.4 Å². The predicted molar refractivity (Wildman–Crippen MR) is 99.5 cm³/mol. The summed E-state index contributed by atoms with van der Waals surface area (Å²) in [5.41, 5.74) is 0.110. The van der Waals surface area contributed by atoms with E-state index in [0.29, 0.717) is 43.5 Å². The van der Waals surface area contributed by atoms with Crippen molar-refractivity contribution in [2.24, 2.45) is 0 Å². The Kier molecular flexibility index (Phi) is 5.52. The third-order valence-electron chi connectivity index (χ3n) is 3.93. The number of rotatable bonds is 4. The molecule has 1 fully saturated rings. The summed E-state index contributed by atoms with van der Waals surface area (Å²) >= 11 is 0. The van der Waals surface area contributed by atoms with E-state index in [4.69, 9.17) is 4.74 Å². The van der Waals surface area contributed by atoms with E-state index in [0.717, 1.165) is 0 Å². The van der Waals surface area contributed by atoms with E-state index in [2.05, 4.69) is 25.4 Å². The minimum atomic E-state index is -0.506. The van der Waals surface area contributed by atoms with Crippen LogP contribution in [-0.4, -0.2) is 78.7 Å². The second kappa shape index (κ2) is 7.87. The van der Waals surface area contributed by atoms with Crippen LogP contribution >= 0.6 is 0 Å². The molecule has 0 saturated carbocycles. The zero-order valence-electron chi connectivity index (χ0n) is 16.5. The Balaban J connectivity index is 1.58. The number of Topliss-reactive ketones (excluding diaryl/α,β-unsaturated/α-hetero) is 1. The molecule has 0 N–H and O–H groups in total. The summed E-state index contributed by atoms with van der Waals surface area (Å²) in [5.74, 6) is 0.882. The molecule has 0 atom stereocenters. The van der Waals surface area contributed by atoms with Crippen LogP contribution in [0.1, 0.15) is 27.7 Å². The summed E-state index contributed by atoms with van der Waals surface area (Å²) in [6.45, 7) is 9.41. The lowest BCUT2D eigenvalue weighted by atomic mass is 10.2. The summed E-state index contributed by atoms with van der Waals surface area (Å²) in [4.78, 5) is 36.9. The number of nitrogens with zero attached hydrogens (tertiary/aromatic N) is 8. The van der Waals surface area contributed by atoms with E-state index < -0.39 is 5.60 Å². The monoisotopic (exact) mass is 388 g/mol. The van der Waals surface area contributed by atoms with Gasteiger partial charge in [0.1, 0.15) is 12.1 Å². The first kappa shape index (κ1) is 19.6. The second-order valence-corrected chi connectivity index (χ2v) is 7.57. The van der Waals surface area contributed by atoms with Crippen LogP contribution in [0.4, 0.5) is 10.7 Å². The number of tetrazole rings is 1. The fraction of sp³-hybridized carbons (Fsp3) is 0.588. The summed E-state index contributed by atoms with van der Waals surface area (Å²) < 4.78 is 5.40. The smallest absolute Gasteiger partial charge is 0.410 e. The summed E-state index contributed by atoms with van der Waals surface area (Å²) in [7, 11) is 0. The fourth-order valence-electron chi connectivity index (χ4n) is 2.64. The molecule has 1 saturated heterocycles. The normalized spacial score (nSPS) is 14.9. The van der Waals surface area contributed by atoms with Crippen molar-refractivity contribution >= 4 is 17.8 Å². The first-order valence-electron chi connectivity index (χ1n) is 9.04. The molecule has 1 amide bonds. The van der Waals surface area contributed by atoms with E-state index in [1.54, 1.807) is 17.3 Å². The number of anilines is 1. The van der Waals surface area contributed by atoms with Gasteiger partial charge in [0.15, 0.2) is 5.78 Å². The van der Waals surface area contributed by atoms with Gasteiger partial charge in [-0.05, 0) is 32.9 Å². The van der Waals surface area contributed by atoms with Crippen LogP contribution in [0.15, 0.2) is 12.4 Å². The molecule has 150 valence electrons. The minimum absolute atomic E-state index is 0.0546. The van der Waals surface area contributed by atoms with Gasteiger partial charge in [0.25, 0.3) is 0 Å². The van der Waals surface area contributed by atoms with Crippen molar-refractivity contribution in [1.29, 1.82) is 0 Å². The van der Waals surface area contributed by atoms with Crippen molar-refractivity contribution in [3.63, 3.8) is 0 Å². The molecule has 2 aromatic heterocycles. The molecule has 3 rings (SSSR count). The Morgan fingerprint density at radius 2 is 1.75 bits per heavy atom. The Morgan fingerprint density at radius 1 is 1.11 bits per heavy atom. The second-order valence-electron chi connectivity index (χ2n) is 7.57. The topological polar surface area (TPSA) is 119 Å². The highest BCUT2D eigenvalue weighted by atomic mass is 16.6. The van der Waals surface area contributed by atoms with E-state index in [9.17, 15) is 9.59 Å². The van der Waals surface area contributed by atoms with Gasteiger partial charge in [0.2, 0.25) is 11.8 Å². The van der Waals surface area contributed by atoms with Crippen molar-refractivity contribution in [1.82, 2.24) is 35.1 Å². The fourth-order valence-corrected chi connectivity index (χ4v) is 2.64. The maximum Gasteiger partial charge on any atom is 0.410 e. The highest BCUT2D eigenvalue weighted by molar-refractivity contribution is 5.75. The molecular weight excluding hydrogens is 364 g/mol. The van der Waals surface area contributed by atoms with E-state index in [1.807, 2.05) is 25.7 Å². The van der Waals surface area contributed by atoms with Crippen LogP contribution in [0.5, 0.6) is 0 Å². The number of hydrogen-bond acceptors (Lipinski definition) is 9. The van der Waals surface area contributed by atoms with Gasteiger partial charge in [-0.15, -0.1) is 10.2 Å². The first-order chi connectivity index (χ1) is 13.2. The number of carbonyl (C=O) groups excluding carboxylic acids is 2. The third-order valence-corrected chi connectivity index (χ3v) is 3.93. The van der Waals surface area contributed by atoms with E-state index in [1.165, 1.54) is 11.7 Å². The van der Waals surface area contributed by atoms with Crippen LogP contribution in [0.25, 0.3) is 11.4 Å². The number of carbonyl (C=O) groups is 2. The highest BCUT2D eigenvalue weighted by Crippen LogP contribution is 2.17. The molecule has 0 spiro atoms. The van der Waals surface area contributed by atoms with Crippen LogP contribution < -0.4 is 4.90 Å². The molecule has 0 bridgehead atoms. The van der Waals surface area contributed by atoms with Gasteiger partial charge >= 0.3 is 6.09 Å². The lowest BCUT2D eigenvalue weighted by Crippen LogP contribution is -2.50. The number of amides is 1. The SMILES string of the molecule is CC(=O)Cn1nnc(-c2cnc(N3CCN(C(=O)OC(C)(C)C)CC3)nc2)n1. The first-order valence-corrected chi connectivity index (χ1v) is 9.04. The van der Waals surface area contributed by atoms with Crippen molar-refractivity contribution < 1.29 is 14.3 Å². The molecule has 3 heterocycles. The van der Waals surface area contributed by atoms with E-state index >= 15 is 0 Å². The molecule has 0 aromatic carbocycles. The summed E-state index contributed by atoms with van der Waals surface area (Å²) in [5, 5.41) is 11.9. The average Bonchev–Trinajstić information content (AvgIpc) is 3.08. The number of aromatic nitrogens is 6. The van der Waals surface area contributed by atoms with Gasteiger partial charge in [0.05, 0.1) is 5.56 Å². The zero-order valence-corrected chi connectivity index (χ0v) is 16.5. The van der Waals surface area contributed by atoms with Gasteiger partial charge < -0.3 is 14.5 Å². The number of piperazine rings is 1. The third kappa shape index (κ3) is 4.99. The Labute approximate surface area is 162 Å². The van der Waals surface area contributed by atoms with E-state index in [-0.39, 0.29) is 18.4 Å². The standard InChI is InChI=1S/C17H24N8O3/c1-12(26)11-25-21-14(20-22-25)13-9-18-15(19-10-13)23-5-7-24(8-6-23)16(27)28-17(2,3)4/h9-10H,5-8,11H2,1-4H3. The van der Waals surface area contributed by atoms with Gasteiger partial charge in [-0.25, -0.2) is 14.8 Å². The Hall–Kier alpha value is -3.11. The molecule has 28 heavy (non-hydrogen) atoms. The van der Waals surface area contributed by atoms with Gasteiger partial charge in [-0.1, -0.05) is 0 Å². The summed E-state index contributed by atoms with van der Waals surface area (Å²) in [6, 6.07) is 0. The summed E-state index contributed by atoms with van der Waals surface area (Å²) in [6.07, 6.45) is 2.94. The molecule has 0 radical (unpaired) electrons. The van der Waals surface area contributed by atoms with Crippen LogP contribution in [0, 0.1) is 0 Å². The molecule has 1 aliphatic heterocycles. The average molecular weight is 388 g/mol. The minimum Gasteiger partial charge on any atom is -0.444 e. The molecule has 11 heteroatoms. The Morgan fingerprint density at radius 3 is 2.32 bits per heavy atom. The van der Waals surface area contributed by atoms with Crippen molar-refractivity contribution in [3.05, 3.63) is 12.4 Å². The number of hydrogen-bond donors (Lipinski definition) is 0. The highest BCUT2D eigenvalue weighted by Gasteiger charge is 2.26. The van der Waals surface area contributed by atoms with Gasteiger partial charge in [0, 0.05) is 38.6 Å². The van der Waals surface area contributed by atoms with Crippen molar-refractivity contribution in [2.45, 2.75) is 39.8 Å². The lowest BCUT2D eigenvalue weighted by molar-refractivity contribution is -0.117. The van der Waals surface area contributed by atoms with Crippen LogP contribution in [0.2, 0.25) is 0 Å². The molecule has 11 nitrogen and oxygen atoms in total. The van der Waals surface area contributed by atoms with Crippen LogP contribution in [0.3, 0.4) is 0 Å². The molecule has 2 aromatic rings. The maximum absolute atomic E-state index is 12.1. The largest absolute Gasteiger partial charge is 0.444 e. The lowest BCUT2D eigenvalue weighted by Gasteiger charge is -2.35. The zero-order chi connectivity index (χ0) is 20.3. The van der Waals surface area contributed by atoms with Gasteiger partial charge in [-0.3, -0.25) is 4.79 Å². The van der Waals surface area contributed by atoms with Crippen molar-refractivity contribution in [2.75, 3.05) is 31.1 Å². The Bertz CT molecular complexity index is 835. The molecule has 1 aliphatic rings. The quantitative estimate of drug-likeness (QED) is 0.748. The number of ether oxygens (including phenoxy) is 1. The number of ketones is 1. The molecule has 0 aliphatic carbocycles.